The van der Waals surface area contributed by atoms with Crippen LogP contribution in [0.2, 0.25) is 0 Å². The molecule has 2 aliphatic carbocycles. The topological polar surface area (TPSA) is 37.4 Å². The number of fused-ring (bicyclic) bond motifs is 8. The molecule has 3 fully saturated rings. The fraction of sp³-hybridized carbons (Fsp3) is 0.357. The van der Waals surface area contributed by atoms with Gasteiger partial charge >= 0.3 is 0 Å². The van der Waals surface area contributed by atoms with Crippen LogP contribution in [0.5, 0.6) is 0 Å². The van der Waals surface area contributed by atoms with Crippen LogP contribution in [0.4, 0.5) is 5.69 Å². The van der Waals surface area contributed by atoms with Gasteiger partial charge in [-0.25, -0.2) is 0 Å². The third-order valence-corrected chi connectivity index (χ3v) is 11.3. The first-order chi connectivity index (χ1) is 16.0. The van der Waals surface area contributed by atoms with E-state index in [1.807, 2.05) is 54.7 Å². The molecule has 0 N–H and O–H groups in total. The minimum atomic E-state index is -0.173. The molecular weight excluding hydrogens is 446 g/mol. The molecule has 0 spiro atoms. The highest BCUT2D eigenvalue weighted by Crippen LogP contribution is 2.71. The Labute approximate surface area is 202 Å². The van der Waals surface area contributed by atoms with Crippen LogP contribution in [0.15, 0.2) is 75.9 Å². The number of hydrogen-bond donors (Lipinski definition) is 0. The summed E-state index contributed by atoms with van der Waals surface area (Å²) in [6, 6.07) is 18.6. The number of benzene rings is 2. The van der Waals surface area contributed by atoms with E-state index in [1.165, 1.54) is 25.2 Å². The Morgan fingerprint density at radius 3 is 2.48 bits per heavy atom. The molecule has 5 aliphatic rings. The van der Waals surface area contributed by atoms with Gasteiger partial charge in [-0.3, -0.25) is 14.5 Å². The van der Waals surface area contributed by atoms with Crippen molar-refractivity contribution in [1.82, 2.24) is 0 Å². The molecule has 5 heteroatoms. The lowest BCUT2D eigenvalue weighted by Gasteiger charge is -2.44. The average Bonchev–Trinajstić information content (AvgIpc) is 3.53. The maximum absolute atomic E-state index is 13.8. The van der Waals surface area contributed by atoms with Crippen molar-refractivity contribution in [3.05, 3.63) is 87.0 Å². The number of hydrogen-bond acceptors (Lipinski definition) is 4. The molecule has 0 aromatic heterocycles. The van der Waals surface area contributed by atoms with Crippen LogP contribution in [0.25, 0.3) is 0 Å². The first-order valence-electron chi connectivity index (χ1n) is 11.8. The molecule has 2 aromatic carbocycles. The molecule has 2 amide bonds. The molecule has 2 aromatic rings. The fourth-order valence-corrected chi connectivity index (χ4v) is 10.6. The van der Waals surface area contributed by atoms with Gasteiger partial charge in [0.2, 0.25) is 11.8 Å². The zero-order valence-corrected chi connectivity index (χ0v) is 20.1. The molecule has 7 atom stereocenters. The number of anilines is 1. The van der Waals surface area contributed by atoms with Crippen LogP contribution >= 0.6 is 23.5 Å². The van der Waals surface area contributed by atoms with Crippen LogP contribution < -0.4 is 4.90 Å². The molecule has 166 valence electrons. The monoisotopic (exact) mass is 471 g/mol. The zero-order valence-electron chi connectivity index (χ0n) is 18.4. The van der Waals surface area contributed by atoms with Gasteiger partial charge in [0, 0.05) is 27.4 Å². The van der Waals surface area contributed by atoms with Crippen LogP contribution in [0, 0.1) is 36.5 Å². The average molecular weight is 472 g/mol. The maximum atomic E-state index is 13.8. The van der Waals surface area contributed by atoms with Crippen molar-refractivity contribution in [1.29, 1.82) is 0 Å². The normalized spacial score (nSPS) is 36.5. The molecular formula is C28H25NO2S2. The van der Waals surface area contributed by atoms with Gasteiger partial charge in [-0.2, -0.15) is 0 Å². The van der Waals surface area contributed by atoms with Crippen molar-refractivity contribution < 1.29 is 9.59 Å². The molecule has 0 unspecified atom stereocenters. The van der Waals surface area contributed by atoms with Gasteiger partial charge in [0.1, 0.15) is 0 Å². The summed E-state index contributed by atoms with van der Waals surface area (Å²) >= 11 is 3.86. The van der Waals surface area contributed by atoms with E-state index in [1.54, 1.807) is 0 Å². The quantitative estimate of drug-likeness (QED) is 0.494. The minimum Gasteiger partial charge on any atom is -0.274 e. The Morgan fingerprint density at radius 2 is 1.73 bits per heavy atom. The Morgan fingerprint density at radius 1 is 0.970 bits per heavy atom. The number of aryl methyl sites for hydroxylation is 1. The van der Waals surface area contributed by atoms with Gasteiger partial charge in [0.05, 0.1) is 17.5 Å². The van der Waals surface area contributed by atoms with Crippen LogP contribution in [-0.2, 0) is 9.59 Å². The van der Waals surface area contributed by atoms with Crippen molar-refractivity contribution >= 4 is 41.0 Å². The summed E-state index contributed by atoms with van der Waals surface area (Å²) in [5.74, 6) is 0.974. The number of carbonyl (C=O) groups excluding carboxylic acids is 2. The smallest absolute Gasteiger partial charge is 0.238 e. The lowest BCUT2D eigenvalue weighted by atomic mass is 9.68. The summed E-state index contributed by atoms with van der Waals surface area (Å²) < 4.78 is 0. The van der Waals surface area contributed by atoms with Crippen LogP contribution in [-0.4, -0.2) is 17.1 Å². The van der Waals surface area contributed by atoms with Crippen molar-refractivity contribution in [3.8, 4) is 0 Å². The highest BCUT2D eigenvalue weighted by atomic mass is 32.2. The van der Waals surface area contributed by atoms with E-state index in [0.717, 1.165) is 24.1 Å². The van der Waals surface area contributed by atoms with E-state index in [-0.39, 0.29) is 35.5 Å². The van der Waals surface area contributed by atoms with Crippen molar-refractivity contribution in [2.45, 2.75) is 30.9 Å². The van der Waals surface area contributed by atoms with Crippen LogP contribution in [0.1, 0.15) is 29.9 Å². The summed E-state index contributed by atoms with van der Waals surface area (Å²) in [6.07, 6.45) is 1.96. The Bertz CT molecular complexity index is 1250. The number of thioether (sulfide) groups is 2. The first-order valence-corrected chi connectivity index (χ1v) is 13.5. The minimum absolute atomic E-state index is 0.0293. The van der Waals surface area contributed by atoms with Crippen molar-refractivity contribution in [3.63, 3.8) is 0 Å². The predicted octanol–water partition coefficient (Wildman–Crippen LogP) is 6.13. The molecule has 0 radical (unpaired) electrons. The SMILES string of the molecule is C=C1CC2=C(S1)[C@H](c1ccccc1)[C@H]1[C@H]3C[C@@H]([C@H]1S2)[C@H]1C(=O)N(c2cccc(C)c2)C(=O)[C@@H]31. The second-order valence-corrected chi connectivity index (χ2v) is 12.6. The summed E-state index contributed by atoms with van der Waals surface area (Å²) in [5.41, 5.74) is 3.15. The lowest BCUT2D eigenvalue weighted by molar-refractivity contribution is -0.123. The third-order valence-electron chi connectivity index (χ3n) is 8.41. The summed E-state index contributed by atoms with van der Waals surface area (Å²) in [4.78, 5) is 33.1. The molecule has 7 rings (SSSR count). The van der Waals surface area contributed by atoms with Gasteiger partial charge in [-0.05, 0) is 59.3 Å². The van der Waals surface area contributed by atoms with E-state index < -0.39 is 0 Å². The second-order valence-electron chi connectivity index (χ2n) is 10.1. The molecule has 2 bridgehead atoms. The Hall–Kier alpha value is -2.24. The number of amides is 2. The van der Waals surface area contributed by atoms with Gasteiger partial charge in [-0.1, -0.05) is 60.8 Å². The predicted molar refractivity (Wildman–Crippen MR) is 135 cm³/mol. The largest absolute Gasteiger partial charge is 0.274 e. The fourth-order valence-electron chi connectivity index (χ4n) is 7.33. The van der Waals surface area contributed by atoms with E-state index in [9.17, 15) is 9.59 Å². The summed E-state index contributed by atoms with van der Waals surface area (Å²) in [5, 5.41) is 0.404. The lowest BCUT2D eigenvalue weighted by Crippen LogP contribution is -2.42. The highest BCUT2D eigenvalue weighted by Gasteiger charge is 2.69. The zero-order chi connectivity index (χ0) is 22.4. The number of nitrogens with zero attached hydrogens (tertiary/aromatic N) is 1. The second kappa shape index (κ2) is 7.13. The molecule has 3 aliphatic heterocycles. The van der Waals surface area contributed by atoms with Gasteiger partial charge < -0.3 is 0 Å². The van der Waals surface area contributed by atoms with Crippen molar-refractivity contribution in [2.75, 3.05) is 4.90 Å². The van der Waals surface area contributed by atoms with Gasteiger partial charge in [-0.15, -0.1) is 11.8 Å². The first kappa shape index (κ1) is 20.2. The highest BCUT2D eigenvalue weighted by molar-refractivity contribution is 8.10. The number of allylic oxidation sites excluding steroid dienone is 3. The maximum Gasteiger partial charge on any atom is 0.238 e. The Kier molecular flexibility index (Phi) is 4.36. The van der Waals surface area contributed by atoms with Gasteiger partial charge in [0.25, 0.3) is 0 Å². The molecule has 2 saturated carbocycles. The molecule has 3 heterocycles. The summed E-state index contributed by atoms with van der Waals surface area (Å²) in [6.45, 7) is 6.29. The molecule has 33 heavy (non-hydrogen) atoms. The number of imide groups is 1. The van der Waals surface area contributed by atoms with E-state index in [4.69, 9.17) is 0 Å². The number of carbonyl (C=O) groups is 2. The molecule has 1 saturated heterocycles. The van der Waals surface area contributed by atoms with Crippen LogP contribution in [0.3, 0.4) is 0 Å². The third kappa shape index (κ3) is 2.72. The van der Waals surface area contributed by atoms with E-state index >= 15 is 0 Å². The molecule has 3 nitrogen and oxygen atoms in total. The van der Waals surface area contributed by atoms with E-state index in [2.05, 4.69) is 36.9 Å². The Balaban J connectivity index is 1.31. The van der Waals surface area contributed by atoms with Gasteiger partial charge in [0.15, 0.2) is 0 Å². The van der Waals surface area contributed by atoms with E-state index in [0.29, 0.717) is 17.1 Å². The standard InChI is InChI=1S/C28H25NO2S2/c1-14-7-6-10-17(11-14)29-27(30)23-18-13-19(24(23)28(29)31)25-22(18)21(16-8-4-3-5-9-16)26-20(33-25)12-15(2)32-26/h3-11,18-19,21-25H,2,12-13H2,1H3/t18-,19-,21-,22-,23+,24-,25-/m1/s1. The summed E-state index contributed by atoms with van der Waals surface area (Å²) in [7, 11) is 0. The van der Waals surface area contributed by atoms with Crippen molar-refractivity contribution in [2.24, 2.45) is 29.6 Å². The number of rotatable bonds is 2.